The molecule has 1 N–H and O–H groups in total. The highest BCUT2D eigenvalue weighted by Crippen LogP contribution is 2.40. The van der Waals surface area contributed by atoms with Gasteiger partial charge in [-0.15, -0.1) is 0 Å². The summed E-state index contributed by atoms with van der Waals surface area (Å²) in [7, 11) is 0. The van der Waals surface area contributed by atoms with Crippen molar-refractivity contribution in [1.82, 2.24) is 4.98 Å². The Morgan fingerprint density at radius 3 is 2.30 bits per heavy atom. The Hall–Kier alpha value is -2.89. The van der Waals surface area contributed by atoms with Crippen molar-refractivity contribution in [1.29, 1.82) is 0 Å². The monoisotopic (exact) mass is 368 g/mol. The number of oxazole rings is 1. The van der Waals surface area contributed by atoms with Crippen molar-refractivity contribution >= 4 is 16.8 Å². The van der Waals surface area contributed by atoms with Crippen molar-refractivity contribution in [2.24, 2.45) is 0 Å². The fraction of sp³-hybridized carbons (Fsp3) is 0.381. The van der Waals surface area contributed by atoms with Gasteiger partial charge in [0.1, 0.15) is 5.52 Å². The number of phenols is 1. The Labute approximate surface area is 158 Å². The van der Waals surface area contributed by atoms with Crippen LogP contribution in [0.3, 0.4) is 0 Å². The maximum atomic E-state index is 11.1. The van der Waals surface area contributed by atoms with E-state index in [0.717, 1.165) is 11.1 Å². The molecule has 0 aliphatic carbocycles. The molecule has 27 heavy (non-hydrogen) atoms. The zero-order valence-corrected chi connectivity index (χ0v) is 16.5. The fourth-order valence-corrected chi connectivity index (χ4v) is 2.99. The summed E-state index contributed by atoms with van der Waals surface area (Å²) in [5, 5.41) is 21.4. The first-order chi connectivity index (χ1) is 12.4. The quantitative estimate of drug-likeness (QED) is 0.462. The van der Waals surface area contributed by atoms with Gasteiger partial charge in [-0.2, -0.15) is 0 Å². The molecule has 0 fully saturated rings. The van der Waals surface area contributed by atoms with E-state index in [9.17, 15) is 15.2 Å². The average Bonchev–Trinajstić information content (AvgIpc) is 2.95. The lowest BCUT2D eigenvalue weighted by atomic mass is 9.80. The third-order valence-electron chi connectivity index (χ3n) is 4.61. The summed E-state index contributed by atoms with van der Waals surface area (Å²) in [5.74, 6) is -0.273. The van der Waals surface area contributed by atoms with Gasteiger partial charge in [-0.05, 0) is 28.5 Å². The molecule has 0 aliphatic heterocycles. The first kappa shape index (κ1) is 18.9. The van der Waals surface area contributed by atoms with E-state index in [1.807, 2.05) is 6.07 Å². The lowest BCUT2D eigenvalue weighted by Gasteiger charge is -2.24. The van der Waals surface area contributed by atoms with Crippen molar-refractivity contribution in [3.05, 3.63) is 51.6 Å². The summed E-state index contributed by atoms with van der Waals surface area (Å²) in [5.41, 5.74) is 3.03. The molecule has 0 spiro atoms. The minimum atomic E-state index is -0.625. The molecule has 3 aromatic rings. The van der Waals surface area contributed by atoms with E-state index in [1.54, 1.807) is 6.07 Å². The summed E-state index contributed by atoms with van der Waals surface area (Å²) in [6.45, 7) is 12.7. The van der Waals surface area contributed by atoms with E-state index < -0.39 is 10.7 Å². The van der Waals surface area contributed by atoms with Gasteiger partial charge < -0.3 is 9.52 Å². The molecular formula is C21H24N2O4. The highest BCUT2D eigenvalue weighted by atomic mass is 16.6. The molecule has 142 valence electrons. The Morgan fingerprint density at radius 2 is 1.74 bits per heavy atom. The molecule has 1 heterocycles. The lowest BCUT2D eigenvalue weighted by molar-refractivity contribution is -0.385. The Kier molecular flexibility index (Phi) is 4.25. The number of hydrogen-bond acceptors (Lipinski definition) is 5. The molecule has 0 saturated heterocycles. The highest BCUT2D eigenvalue weighted by Gasteiger charge is 2.27. The fourth-order valence-electron chi connectivity index (χ4n) is 2.99. The summed E-state index contributed by atoms with van der Waals surface area (Å²) in [6, 6.07) is 8.43. The zero-order chi connectivity index (χ0) is 20.1. The van der Waals surface area contributed by atoms with E-state index in [1.165, 1.54) is 12.1 Å². The van der Waals surface area contributed by atoms with Crippen molar-refractivity contribution in [2.45, 2.75) is 52.4 Å². The number of benzene rings is 2. The summed E-state index contributed by atoms with van der Waals surface area (Å²) >= 11 is 0. The molecule has 0 radical (unpaired) electrons. The van der Waals surface area contributed by atoms with Crippen LogP contribution >= 0.6 is 0 Å². The molecule has 2 aromatic carbocycles. The van der Waals surface area contributed by atoms with Gasteiger partial charge in [0.15, 0.2) is 5.58 Å². The predicted molar refractivity (Wildman–Crippen MR) is 105 cm³/mol. The average molecular weight is 368 g/mol. The van der Waals surface area contributed by atoms with Crippen LogP contribution in [0.15, 0.2) is 34.7 Å². The standard InChI is InChI=1S/C21H24N2O4/c1-20(2,3)12-10-14(21(4,5)6)18-15(11-12)22-19(27-18)13-8-7-9-16(17(13)24)23(25)26/h7-11,24H,1-6H3. The predicted octanol–water partition coefficient (Wildman–Crippen LogP) is 5.70. The van der Waals surface area contributed by atoms with Crippen molar-refractivity contribution in [3.8, 4) is 17.2 Å². The Balaban J connectivity index is 2.30. The summed E-state index contributed by atoms with van der Waals surface area (Å²) in [4.78, 5) is 15.0. The van der Waals surface area contributed by atoms with E-state index in [4.69, 9.17) is 4.42 Å². The number of nitro benzene ring substituents is 1. The number of aromatic nitrogens is 1. The van der Waals surface area contributed by atoms with Crippen molar-refractivity contribution in [3.63, 3.8) is 0 Å². The van der Waals surface area contributed by atoms with Crippen molar-refractivity contribution in [2.75, 3.05) is 0 Å². The SMILES string of the molecule is CC(C)(C)c1cc(C(C)(C)C)c2oc(-c3cccc([N+](=O)[O-])c3O)nc2c1. The number of rotatable bonds is 2. The lowest BCUT2D eigenvalue weighted by Crippen LogP contribution is -2.16. The smallest absolute Gasteiger partial charge is 0.311 e. The Morgan fingerprint density at radius 1 is 1.07 bits per heavy atom. The number of phenolic OH excluding ortho intramolecular Hbond substituents is 1. The minimum absolute atomic E-state index is 0.0685. The van der Waals surface area contributed by atoms with Gasteiger partial charge in [-0.25, -0.2) is 4.98 Å². The van der Waals surface area contributed by atoms with Crippen LogP contribution in [0.1, 0.15) is 52.7 Å². The second-order valence-corrected chi connectivity index (χ2v) is 8.82. The van der Waals surface area contributed by atoms with Gasteiger partial charge in [0, 0.05) is 11.6 Å². The Bertz CT molecular complexity index is 1040. The number of hydrogen-bond donors (Lipinski definition) is 1. The number of nitrogens with zero attached hydrogens (tertiary/aromatic N) is 2. The van der Waals surface area contributed by atoms with Crippen molar-refractivity contribution < 1.29 is 14.4 Å². The van der Waals surface area contributed by atoms with Crippen LogP contribution in [0.5, 0.6) is 5.75 Å². The van der Waals surface area contributed by atoms with Gasteiger partial charge in [-0.3, -0.25) is 10.1 Å². The normalized spacial score (nSPS) is 12.5. The number of nitro groups is 1. The summed E-state index contributed by atoms with van der Waals surface area (Å²) < 4.78 is 6.00. The molecule has 6 heteroatoms. The van der Waals surface area contributed by atoms with Gasteiger partial charge in [0.25, 0.3) is 0 Å². The molecule has 0 saturated carbocycles. The van der Waals surface area contributed by atoms with Gasteiger partial charge >= 0.3 is 5.69 Å². The van der Waals surface area contributed by atoms with Crippen LogP contribution in [0.4, 0.5) is 5.69 Å². The second kappa shape index (κ2) is 6.08. The molecule has 0 unspecified atom stereocenters. The third-order valence-corrected chi connectivity index (χ3v) is 4.61. The van der Waals surface area contributed by atoms with Gasteiger partial charge in [0.2, 0.25) is 11.6 Å². The molecule has 3 rings (SSSR count). The van der Waals surface area contributed by atoms with E-state index in [0.29, 0.717) is 11.1 Å². The maximum absolute atomic E-state index is 11.1. The van der Waals surface area contributed by atoms with Gasteiger partial charge in [-0.1, -0.05) is 53.7 Å². The third kappa shape index (κ3) is 3.39. The van der Waals surface area contributed by atoms with Crippen LogP contribution in [-0.2, 0) is 10.8 Å². The second-order valence-electron chi connectivity index (χ2n) is 8.82. The molecule has 6 nitrogen and oxygen atoms in total. The van der Waals surface area contributed by atoms with E-state index in [-0.39, 0.29) is 28.0 Å². The van der Waals surface area contributed by atoms with Crippen LogP contribution in [0, 0.1) is 10.1 Å². The molecule has 0 bridgehead atoms. The van der Waals surface area contributed by atoms with Crippen LogP contribution in [0.2, 0.25) is 0 Å². The molecular weight excluding hydrogens is 344 g/mol. The first-order valence-electron chi connectivity index (χ1n) is 8.82. The topological polar surface area (TPSA) is 89.4 Å². The first-order valence-corrected chi connectivity index (χ1v) is 8.82. The maximum Gasteiger partial charge on any atom is 0.311 e. The number of fused-ring (bicyclic) bond motifs is 1. The zero-order valence-electron chi connectivity index (χ0n) is 16.5. The highest BCUT2D eigenvalue weighted by molar-refractivity contribution is 5.83. The van der Waals surface area contributed by atoms with Gasteiger partial charge in [0.05, 0.1) is 10.5 Å². The molecule has 1 aromatic heterocycles. The number of aromatic hydroxyl groups is 1. The number of para-hydroxylation sites is 1. The minimum Gasteiger partial charge on any atom is -0.502 e. The molecule has 0 amide bonds. The van der Waals surface area contributed by atoms with E-state index >= 15 is 0 Å². The van der Waals surface area contributed by atoms with Crippen LogP contribution in [0.25, 0.3) is 22.6 Å². The van der Waals surface area contributed by atoms with Crippen LogP contribution < -0.4 is 0 Å². The van der Waals surface area contributed by atoms with E-state index in [2.05, 4.69) is 52.6 Å². The molecule has 0 atom stereocenters. The summed E-state index contributed by atoms with van der Waals surface area (Å²) in [6.07, 6.45) is 0. The van der Waals surface area contributed by atoms with Crippen LogP contribution in [-0.4, -0.2) is 15.0 Å². The largest absolute Gasteiger partial charge is 0.502 e. The molecule has 0 aliphatic rings.